The minimum atomic E-state index is 0.182. The number of fused-ring (bicyclic) bond motifs is 1. The first kappa shape index (κ1) is 15.8. The SMILES string of the molecule is Cc1cc(CSc2ccccc2C(=O)N2C[C@@H]3CCC[C@H]3C2)on1. The van der Waals surface area contributed by atoms with Crippen LogP contribution in [0.1, 0.15) is 41.1 Å². The molecule has 1 aliphatic carbocycles. The molecule has 1 amide bonds. The van der Waals surface area contributed by atoms with Crippen LogP contribution in [0.5, 0.6) is 0 Å². The summed E-state index contributed by atoms with van der Waals surface area (Å²) in [7, 11) is 0. The summed E-state index contributed by atoms with van der Waals surface area (Å²) >= 11 is 1.64. The molecule has 1 aromatic heterocycles. The molecule has 0 unspecified atom stereocenters. The fourth-order valence-electron chi connectivity index (χ4n) is 3.97. The highest BCUT2D eigenvalue weighted by molar-refractivity contribution is 7.98. The van der Waals surface area contributed by atoms with E-state index in [-0.39, 0.29) is 5.91 Å². The summed E-state index contributed by atoms with van der Waals surface area (Å²) in [6.07, 6.45) is 3.91. The molecule has 1 aliphatic heterocycles. The summed E-state index contributed by atoms with van der Waals surface area (Å²) in [5, 5.41) is 3.92. The first-order valence-corrected chi connectivity index (χ1v) is 9.62. The number of likely N-dealkylation sites (tertiary alicyclic amines) is 1. The van der Waals surface area contributed by atoms with Crippen LogP contribution in [-0.2, 0) is 5.75 Å². The summed E-state index contributed by atoms with van der Waals surface area (Å²) in [6, 6.07) is 9.86. The van der Waals surface area contributed by atoms with Crippen LogP contribution in [0.15, 0.2) is 39.8 Å². The molecule has 1 saturated carbocycles. The van der Waals surface area contributed by atoms with E-state index in [1.54, 1.807) is 11.8 Å². The Morgan fingerprint density at radius 3 is 2.75 bits per heavy atom. The Balaban J connectivity index is 1.47. The molecule has 126 valence electrons. The van der Waals surface area contributed by atoms with Gasteiger partial charge in [-0.3, -0.25) is 4.79 Å². The van der Waals surface area contributed by atoms with Gasteiger partial charge in [-0.25, -0.2) is 0 Å². The van der Waals surface area contributed by atoms with Gasteiger partial charge in [0.25, 0.3) is 5.91 Å². The second-order valence-corrected chi connectivity index (χ2v) is 7.90. The smallest absolute Gasteiger partial charge is 0.255 e. The molecule has 4 rings (SSSR count). The largest absolute Gasteiger partial charge is 0.360 e. The van der Waals surface area contributed by atoms with Crippen molar-refractivity contribution >= 4 is 17.7 Å². The van der Waals surface area contributed by atoms with Crippen LogP contribution in [0.4, 0.5) is 0 Å². The minimum absolute atomic E-state index is 0.182. The molecule has 0 N–H and O–H groups in total. The van der Waals surface area contributed by atoms with Crippen LogP contribution in [0.25, 0.3) is 0 Å². The number of amides is 1. The normalized spacial score (nSPS) is 22.8. The molecule has 1 aromatic carbocycles. The third kappa shape index (κ3) is 3.09. The number of aryl methyl sites for hydroxylation is 1. The van der Waals surface area contributed by atoms with Crippen molar-refractivity contribution in [1.29, 1.82) is 0 Å². The first-order chi connectivity index (χ1) is 11.7. The van der Waals surface area contributed by atoms with Crippen molar-refractivity contribution in [2.45, 2.75) is 36.8 Å². The third-order valence-electron chi connectivity index (χ3n) is 5.18. The fourth-order valence-corrected chi connectivity index (χ4v) is 4.89. The lowest BCUT2D eigenvalue weighted by atomic mass is 10.0. The number of carbonyl (C=O) groups is 1. The number of aromatic nitrogens is 1. The molecule has 1 saturated heterocycles. The lowest BCUT2D eigenvalue weighted by Crippen LogP contribution is -2.29. The van der Waals surface area contributed by atoms with Gasteiger partial charge in [-0.05, 0) is 43.7 Å². The van der Waals surface area contributed by atoms with Crippen LogP contribution in [0.3, 0.4) is 0 Å². The quantitative estimate of drug-likeness (QED) is 0.783. The Morgan fingerprint density at radius 2 is 2.04 bits per heavy atom. The van der Waals surface area contributed by atoms with Crippen molar-refractivity contribution in [2.75, 3.05) is 13.1 Å². The molecule has 0 radical (unpaired) electrons. The van der Waals surface area contributed by atoms with E-state index in [0.717, 1.165) is 46.8 Å². The molecule has 0 spiro atoms. The molecule has 24 heavy (non-hydrogen) atoms. The van der Waals surface area contributed by atoms with Crippen LogP contribution < -0.4 is 0 Å². The van der Waals surface area contributed by atoms with Gasteiger partial charge >= 0.3 is 0 Å². The van der Waals surface area contributed by atoms with Gasteiger partial charge in [0, 0.05) is 24.1 Å². The molecular formula is C19H22N2O2S. The Hall–Kier alpha value is -1.75. The van der Waals surface area contributed by atoms with E-state index in [4.69, 9.17) is 4.52 Å². The standard InChI is InChI=1S/C19H22N2O2S/c1-13-9-16(23-20-13)12-24-18-8-3-2-7-17(18)19(22)21-10-14-5-4-6-15(14)11-21/h2-3,7-9,14-15H,4-6,10-12H2,1H3/t14-,15-/m0/s1. The topological polar surface area (TPSA) is 46.3 Å². The minimum Gasteiger partial charge on any atom is -0.360 e. The zero-order chi connectivity index (χ0) is 16.5. The maximum Gasteiger partial charge on any atom is 0.255 e. The molecule has 0 bridgehead atoms. The Kier molecular flexibility index (Phi) is 4.35. The number of hydrogen-bond donors (Lipinski definition) is 0. The molecule has 5 heteroatoms. The second kappa shape index (κ2) is 6.63. The number of benzene rings is 1. The number of rotatable bonds is 4. The Labute approximate surface area is 146 Å². The fraction of sp³-hybridized carbons (Fsp3) is 0.474. The molecule has 2 fully saturated rings. The monoisotopic (exact) mass is 342 g/mol. The highest BCUT2D eigenvalue weighted by Crippen LogP contribution is 2.38. The third-order valence-corrected chi connectivity index (χ3v) is 6.27. The summed E-state index contributed by atoms with van der Waals surface area (Å²) < 4.78 is 5.27. The molecule has 4 nitrogen and oxygen atoms in total. The lowest BCUT2D eigenvalue weighted by Gasteiger charge is -2.19. The zero-order valence-electron chi connectivity index (χ0n) is 13.9. The van der Waals surface area contributed by atoms with Crippen LogP contribution >= 0.6 is 11.8 Å². The van der Waals surface area contributed by atoms with Gasteiger partial charge in [-0.1, -0.05) is 23.7 Å². The molecule has 2 aromatic rings. The van der Waals surface area contributed by atoms with Crippen molar-refractivity contribution in [3.05, 3.63) is 47.3 Å². The van der Waals surface area contributed by atoms with E-state index in [9.17, 15) is 4.79 Å². The number of hydrogen-bond acceptors (Lipinski definition) is 4. The summed E-state index contributed by atoms with van der Waals surface area (Å²) in [4.78, 5) is 16.1. The van der Waals surface area contributed by atoms with Crippen LogP contribution in [-0.4, -0.2) is 29.1 Å². The van der Waals surface area contributed by atoms with E-state index in [2.05, 4.69) is 10.1 Å². The summed E-state index contributed by atoms with van der Waals surface area (Å²) in [6.45, 7) is 3.78. The van der Waals surface area contributed by atoms with E-state index in [0.29, 0.717) is 5.75 Å². The van der Waals surface area contributed by atoms with Gasteiger partial charge in [0.15, 0.2) is 0 Å². The van der Waals surface area contributed by atoms with E-state index >= 15 is 0 Å². The van der Waals surface area contributed by atoms with E-state index in [1.807, 2.05) is 37.3 Å². The molecule has 2 aliphatic rings. The Bertz CT molecular complexity index is 730. The average molecular weight is 342 g/mol. The maximum absolute atomic E-state index is 13.0. The van der Waals surface area contributed by atoms with E-state index in [1.165, 1.54) is 19.3 Å². The predicted molar refractivity (Wildman–Crippen MR) is 94.0 cm³/mol. The zero-order valence-corrected chi connectivity index (χ0v) is 14.7. The number of nitrogens with zero attached hydrogens (tertiary/aromatic N) is 2. The van der Waals surface area contributed by atoms with Crippen LogP contribution in [0.2, 0.25) is 0 Å². The van der Waals surface area contributed by atoms with Crippen LogP contribution in [0, 0.1) is 18.8 Å². The van der Waals surface area contributed by atoms with Crippen molar-refractivity contribution in [3.63, 3.8) is 0 Å². The average Bonchev–Trinajstić information content (AvgIpc) is 3.28. The number of thioether (sulfide) groups is 1. The maximum atomic E-state index is 13.0. The highest BCUT2D eigenvalue weighted by atomic mass is 32.2. The van der Waals surface area contributed by atoms with Gasteiger partial charge in [0.2, 0.25) is 0 Å². The lowest BCUT2D eigenvalue weighted by molar-refractivity contribution is 0.0777. The van der Waals surface area contributed by atoms with Gasteiger partial charge in [0.05, 0.1) is 17.0 Å². The summed E-state index contributed by atoms with van der Waals surface area (Å²) in [5.41, 5.74) is 1.71. The predicted octanol–water partition coefficient (Wildman–Crippen LogP) is 4.15. The van der Waals surface area contributed by atoms with Crippen molar-refractivity contribution < 1.29 is 9.32 Å². The summed E-state index contributed by atoms with van der Waals surface area (Å²) in [5.74, 6) is 3.17. The van der Waals surface area contributed by atoms with Crippen molar-refractivity contribution in [3.8, 4) is 0 Å². The molecule has 2 atom stereocenters. The number of carbonyl (C=O) groups excluding carboxylic acids is 1. The van der Waals surface area contributed by atoms with Crippen molar-refractivity contribution in [2.24, 2.45) is 11.8 Å². The molecular weight excluding hydrogens is 320 g/mol. The Morgan fingerprint density at radius 1 is 1.29 bits per heavy atom. The van der Waals surface area contributed by atoms with E-state index < -0.39 is 0 Å². The van der Waals surface area contributed by atoms with Crippen molar-refractivity contribution in [1.82, 2.24) is 10.1 Å². The van der Waals surface area contributed by atoms with Gasteiger partial charge in [-0.2, -0.15) is 0 Å². The molecule has 2 heterocycles. The first-order valence-electron chi connectivity index (χ1n) is 8.64. The van der Waals surface area contributed by atoms with Gasteiger partial charge in [0.1, 0.15) is 5.76 Å². The second-order valence-electron chi connectivity index (χ2n) is 6.88. The highest BCUT2D eigenvalue weighted by Gasteiger charge is 2.38. The van der Waals surface area contributed by atoms with Gasteiger partial charge < -0.3 is 9.42 Å². The van der Waals surface area contributed by atoms with Gasteiger partial charge in [-0.15, -0.1) is 11.8 Å².